The first-order chi connectivity index (χ1) is 10.9. The van der Waals surface area contributed by atoms with E-state index in [9.17, 15) is 24.5 Å². The minimum absolute atomic E-state index is 0.0430. The van der Waals surface area contributed by atoms with E-state index in [4.69, 9.17) is 0 Å². The quantitative estimate of drug-likeness (QED) is 0.485. The van der Waals surface area contributed by atoms with Crippen LogP contribution in [-0.2, 0) is 4.79 Å². The molecule has 0 saturated carbocycles. The average Bonchev–Trinajstić information content (AvgIpc) is 2.72. The smallest absolute Gasteiger partial charge is 0.282 e. The number of nitro groups is 1. The number of fused-ring (bicyclic) bond motifs is 1. The molecule has 0 aliphatic carbocycles. The summed E-state index contributed by atoms with van der Waals surface area (Å²) in [6.45, 7) is 3.36. The molecule has 8 nitrogen and oxygen atoms in total. The fraction of sp³-hybridized carbons (Fsp3) is 0.400. The van der Waals surface area contributed by atoms with E-state index >= 15 is 0 Å². The topological polar surface area (TPSA) is 110 Å². The van der Waals surface area contributed by atoms with E-state index < -0.39 is 34.9 Å². The first-order valence-corrected chi connectivity index (χ1v) is 7.29. The van der Waals surface area contributed by atoms with Crippen molar-refractivity contribution in [2.45, 2.75) is 32.7 Å². The summed E-state index contributed by atoms with van der Waals surface area (Å²) < 4.78 is 0. The Morgan fingerprint density at radius 1 is 1.35 bits per heavy atom. The Hall–Kier alpha value is -2.77. The molecule has 2 rings (SSSR count). The number of carbonyl (C=O) groups excluding carboxylic acids is 3. The molecule has 0 aromatic heterocycles. The van der Waals surface area contributed by atoms with Crippen molar-refractivity contribution in [1.82, 2.24) is 10.2 Å². The fourth-order valence-electron chi connectivity index (χ4n) is 2.58. The van der Waals surface area contributed by atoms with Crippen LogP contribution in [0.2, 0.25) is 0 Å². The first kappa shape index (κ1) is 16.6. The van der Waals surface area contributed by atoms with Crippen molar-refractivity contribution in [3.8, 4) is 0 Å². The van der Waals surface area contributed by atoms with Crippen LogP contribution < -0.4 is 5.32 Å². The Balaban J connectivity index is 2.19. The molecular formula is C15H17N3O5. The van der Waals surface area contributed by atoms with Gasteiger partial charge in [-0.3, -0.25) is 29.4 Å². The molecule has 1 atom stereocenters. The number of nitrogens with zero attached hydrogens (tertiary/aromatic N) is 2. The van der Waals surface area contributed by atoms with Gasteiger partial charge in [0.05, 0.1) is 10.5 Å². The molecule has 1 aromatic rings. The predicted octanol–water partition coefficient (Wildman–Crippen LogP) is 1.50. The van der Waals surface area contributed by atoms with E-state index in [0.29, 0.717) is 0 Å². The maximum Gasteiger partial charge on any atom is 0.282 e. The number of nitro benzene ring substituents is 1. The van der Waals surface area contributed by atoms with Crippen molar-refractivity contribution >= 4 is 23.4 Å². The van der Waals surface area contributed by atoms with Crippen molar-refractivity contribution < 1.29 is 19.3 Å². The maximum absolute atomic E-state index is 12.3. The zero-order chi connectivity index (χ0) is 17.1. The molecule has 0 unspecified atom stereocenters. The summed E-state index contributed by atoms with van der Waals surface area (Å²) in [5, 5.41) is 13.7. The van der Waals surface area contributed by atoms with Crippen molar-refractivity contribution in [3.63, 3.8) is 0 Å². The molecule has 3 amide bonds. The molecule has 122 valence electrons. The van der Waals surface area contributed by atoms with E-state index in [1.165, 1.54) is 12.1 Å². The molecule has 1 heterocycles. The van der Waals surface area contributed by atoms with Gasteiger partial charge >= 0.3 is 0 Å². The van der Waals surface area contributed by atoms with Crippen LogP contribution in [0, 0.1) is 10.1 Å². The van der Waals surface area contributed by atoms with Gasteiger partial charge in [0, 0.05) is 12.1 Å². The third kappa shape index (κ3) is 3.20. The van der Waals surface area contributed by atoms with Crippen molar-refractivity contribution in [2.75, 3.05) is 6.54 Å². The molecular weight excluding hydrogens is 302 g/mol. The Morgan fingerprint density at radius 3 is 2.65 bits per heavy atom. The van der Waals surface area contributed by atoms with E-state index in [-0.39, 0.29) is 17.2 Å². The second kappa shape index (κ2) is 6.55. The standard InChI is InChI=1S/C15H17N3O5/c1-3-5-9(2)16-12(19)8-17-14(20)10-6-4-7-11(18(22)23)13(10)15(17)21/h4,6-7,9H,3,5,8H2,1-2H3,(H,16,19)/t9-/m1/s1. The summed E-state index contributed by atoms with van der Waals surface area (Å²) in [4.78, 5) is 47.5. The summed E-state index contributed by atoms with van der Waals surface area (Å²) in [5.74, 6) is -1.97. The number of rotatable bonds is 6. The zero-order valence-electron chi connectivity index (χ0n) is 12.9. The number of imide groups is 1. The number of amides is 3. The minimum atomic E-state index is -0.810. The molecule has 0 bridgehead atoms. The highest BCUT2D eigenvalue weighted by Gasteiger charge is 2.41. The lowest BCUT2D eigenvalue weighted by Crippen LogP contribution is -2.43. The molecule has 0 spiro atoms. The average molecular weight is 319 g/mol. The van der Waals surface area contributed by atoms with Gasteiger partial charge in [-0.05, 0) is 19.4 Å². The number of benzene rings is 1. The van der Waals surface area contributed by atoms with Crippen LogP contribution in [0.25, 0.3) is 0 Å². The molecule has 0 saturated heterocycles. The van der Waals surface area contributed by atoms with Gasteiger partial charge in [0.25, 0.3) is 17.5 Å². The molecule has 1 N–H and O–H groups in total. The van der Waals surface area contributed by atoms with Gasteiger partial charge in [0.2, 0.25) is 5.91 Å². The summed E-state index contributed by atoms with van der Waals surface area (Å²) in [7, 11) is 0. The van der Waals surface area contributed by atoms with Gasteiger partial charge in [-0.25, -0.2) is 0 Å². The Morgan fingerprint density at radius 2 is 2.04 bits per heavy atom. The van der Waals surface area contributed by atoms with Crippen molar-refractivity contribution in [2.24, 2.45) is 0 Å². The molecule has 8 heteroatoms. The first-order valence-electron chi connectivity index (χ1n) is 7.29. The third-order valence-corrected chi connectivity index (χ3v) is 3.60. The van der Waals surface area contributed by atoms with Crippen LogP contribution in [0.4, 0.5) is 5.69 Å². The van der Waals surface area contributed by atoms with E-state index in [1.54, 1.807) is 0 Å². The molecule has 0 radical (unpaired) electrons. The number of carbonyl (C=O) groups is 3. The second-order valence-corrected chi connectivity index (χ2v) is 5.41. The monoisotopic (exact) mass is 319 g/mol. The van der Waals surface area contributed by atoms with Crippen molar-refractivity contribution in [1.29, 1.82) is 0 Å². The number of hydrogen-bond donors (Lipinski definition) is 1. The van der Waals surface area contributed by atoms with E-state index in [0.717, 1.165) is 23.8 Å². The Kier molecular flexibility index (Phi) is 4.73. The van der Waals surface area contributed by atoms with Gasteiger partial charge in [0.1, 0.15) is 12.1 Å². The molecule has 1 aliphatic rings. The van der Waals surface area contributed by atoms with Crippen LogP contribution >= 0.6 is 0 Å². The van der Waals surface area contributed by atoms with E-state index in [2.05, 4.69) is 5.32 Å². The SMILES string of the molecule is CCC[C@@H](C)NC(=O)CN1C(=O)c2cccc([N+](=O)[O-])c2C1=O. The molecule has 1 aliphatic heterocycles. The molecule has 0 fully saturated rings. The summed E-state index contributed by atoms with van der Waals surface area (Å²) in [6.07, 6.45) is 1.67. The fourth-order valence-corrected chi connectivity index (χ4v) is 2.58. The van der Waals surface area contributed by atoms with Crippen LogP contribution in [0.3, 0.4) is 0 Å². The van der Waals surface area contributed by atoms with Gasteiger partial charge < -0.3 is 5.32 Å². The minimum Gasteiger partial charge on any atom is -0.352 e. The maximum atomic E-state index is 12.3. The molecule has 23 heavy (non-hydrogen) atoms. The molecule has 1 aromatic carbocycles. The predicted molar refractivity (Wildman–Crippen MR) is 81.0 cm³/mol. The number of hydrogen-bond acceptors (Lipinski definition) is 5. The van der Waals surface area contributed by atoms with Gasteiger partial charge in [-0.2, -0.15) is 0 Å². The third-order valence-electron chi connectivity index (χ3n) is 3.60. The van der Waals surface area contributed by atoms with Gasteiger partial charge in [-0.15, -0.1) is 0 Å². The summed E-state index contributed by atoms with van der Waals surface area (Å²) >= 11 is 0. The van der Waals surface area contributed by atoms with Crippen LogP contribution in [0.15, 0.2) is 18.2 Å². The highest BCUT2D eigenvalue weighted by Crippen LogP contribution is 2.30. The highest BCUT2D eigenvalue weighted by molar-refractivity contribution is 6.24. The Labute approximate surface area is 132 Å². The van der Waals surface area contributed by atoms with Gasteiger partial charge in [-0.1, -0.05) is 19.4 Å². The summed E-state index contributed by atoms with van der Waals surface area (Å²) in [6, 6.07) is 3.78. The lowest BCUT2D eigenvalue weighted by atomic mass is 10.1. The number of nitrogens with one attached hydrogen (secondary N) is 1. The lowest BCUT2D eigenvalue weighted by molar-refractivity contribution is -0.385. The van der Waals surface area contributed by atoms with Crippen molar-refractivity contribution in [3.05, 3.63) is 39.4 Å². The lowest BCUT2D eigenvalue weighted by Gasteiger charge is -2.16. The normalized spacial score (nSPS) is 14.6. The van der Waals surface area contributed by atoms with Crippen LogP contribution in [-0.4, -0.2) is 40.1 Å². The summed E-state index contributed by atoms with van der Waals surface area (Å²) in [5.41, 5.74) is -0.723. The Bertz CT molecular complexity index is 686. The van der Waals surface area contributed by atoms with Crippen LogP contribution in [0.5, 0.6) is 0 Å². The zero-order valence-corrected chi connectivity index (χ0v) is 12.9. The highest BCUT2D eigenvalue weighted by atomic mass is 16.6. The van der Waals surface area contributed by atoms with E-state index in [1.807, 2.05) is 13.8 Å². The van der Waals surface area contributed by atoms with Crippen LogP contribution in [0.1, 0.15) is 47.4 Å². The largest absolute Gasteiger partial charge is 0.352 e. The van der Waals surface area contributed by atoms with Gasteiger partial charge in [0.15, 0.2) is 0 Å². The second-order valence-electron chi connectivity index (χ2n) is 5.41.